The third kappa shape index (κ3) is 5.99. The SMILES string of the molecule is COCC(C)N=C(NN)NC(C)Cc1ccc(F)cc1. The van der Waals surface area contributed by atoms with Crippen molar-refractivity contribution in [3.05, 3.63) is 35.6 Å². The van der Waals surface area contributed by atoms with Crippen molar-refractivity contribution >= 4 is 5.96 Å². The van der Waals surface area contributed by atoms with Crippen LogP contribution >= 0.6 is 0 Å². The maximum Gasteiger partial charge on any atom is 0.206 e. The van der Waals surface area contributed by atoms with Crippen molar-refractivity contribution in [3.8, 4) is 0 Å². The molecule has 0 aliphatic rings. The van der Waals surface area contributed by atoms with Gasteiger partial charge in [0.25, 0.3) is 0 Å². The fraction of sp³-hybridized carbons (Fsp3) is 0.500. The zero-order valence-electron chi connectivity index (χ0n) is 12.2. The lowest BCUT2D eigenvalue weighted by molar-refractivity contribution is 0.185. The van der Waals surface area contributed by atoms with Gasteiger partial charge in [-0.25, -0.2) is 15.2 Å². The molecule has 1 rings (SSSR count). The van der Waals surface area contributed by atoms with Crippen LogP contribution in [0, 0.1) is 5.82 Å². The lowest BCUT2D eigenvalue weighted by Crippen LogP contribution is -2.46. The summed E-state index contributed by atoms with van der Waals surface area (Å²) in [6, 6.07) is 6.58. The van der Waals surface area contributed by atoms with Gasteiger partial charge >= 0.3 is 0 Å². The Hall–Kier alpha value is -1.66. The van der Waals surface area contributed by atoms with Gasteiger partial charge in [-0.3, -0.25) is 5.43 Å². The van der Waals surface area contributed by atoms with Crippen molar-refractivity contribution in [2.45, 2.75) is 32.4 Å². The highest BCUT2D eigenvalue weighted by atomic mass is 19.1. The normalized spacial score (nSPS) is 14.8. The van der Waals surface area contributed by atoms with Gasteiger partial charge in [0.1, 0.15) is 5.82 Å². The summed E-state index contributed by atoms with van der Waals surface area (Å²) in [7, 11) is 1.63. The van der Waals surface area contributed by atoms with Gasteiger partial charge in [0, 0.05) is 13.2 Å². The molecule has 20 heavy (non-hydrogen) atoms. The number of hydrogen-bond acceptors (Lipinski definition) is 3. The zero-order chi connectivity index (χ0) is 15.0. The second kappa shape index (κ2) is 8.50. The molecule has 0 aliphatic carbocycles. The molecule has 2 atom stereocenters. The molecule has 0 amide bonds. The minimum absolute atomic E-state index is 0.0107. The number of methoxy groups -OCH3 is 1. The summed E-state index contributed by atoms with van der Waals surface area (Å²) in [6.07, 6.45) is 0.750. The van der Waals surface area contributed by atoms with Crippen molar-refractivity contribution < 1.29 is 9.13 Å². The number of guanidine groups is 1. The lowest BCUT2D eigenvalue weighted by atomic mass is 10.1. The Morgan fingerprint density at radius 3 is 2.55 bits per heavy atom. The molecular formula is C14H23FN4O. The summed E-state index contributed by atoms with van der Waals surface area (Å²) in [5.41, 5.74) is 3.59. The number of nitrogens with two attached hydrogens (primary N) is 1. The van der Waals surface area contributed by atoms with Crippen molar-refractivity contribution in [1.29, 1.82) is 0 Å². The summed E-state index contributed by atoms with van der Waals surface area (Å²) < 4.78 is 17.9. The van der Waals surface area contributed by atoms with E-state index in [2.05, 4.69) is 15.7 Å². The molecule has 4 N–H and O–H groups in total. The molecule has 0 fully saturated rings. The van der Waals surface area contributed by atoms with Crippen LogP contribution in [0.5, 0.6) is 0 Å². The number of nitrogens with one attached hydrogen (secondary N) is 2. The Bertz CT molecular complexity index is 422. The topological polar surface area (TPSA) is 71.7 Å². The monoisotopic (exact) mass is 282 g/mol. The van der Waals surface area contributed by atoms with E-state index >= 15 is 0 Å². The number of nitrogens with zero attached hydrogens (tertiary/aromatic N) is 1. The zero-order valence-corrected chi connectivity index (χ0v) is 12.2. The summed E-state index contributed by atoms with van der Waals surface area (Å²) in [5.74, 6) is 5.73. The molecule has 0 saturated carbocycles. The first-order valence-electron chi connectivity index (χ1n) is 6.59. The molecule has 1 aromatic carbocycles. The van der Waals surface area contributed by atoms with Crippen LogP contribution in [-0.2, 0) is 11.2 Å². The predicted molar refractivity (Wildman–Crippen MR) is 78.8 cm³/mol. The van der Waals surface area contributed by atoms with Gasteiger partial charge in [0.2, 0.25) is 5.96 Å². The average molecular weight is 282 g/mol. The molecular weight excluding hydrogens is 259 g/mol. The molecule has 5 nitrogen and oxygen atoms in total. The first-order valence-corrected chi connectivity index (χ1v) is 6.59. The largest absolute Gasteiger partial charge is 0.382 e. The van der Waals surface area contributed by atoms with E-state index in [1.54, 1.807) is 19.2 Å². The minimum atomic E-state index is -0.228. The Labute approximate surface area is 119 Å². The summed E-state index contributed by atoms with van der Waals surface area (Å²) >= 11 is 0. The van der Waals surface area contributed by atoms with E-state index in [1.165, 1.54) is 12.1 Å². The third-order valence-electron chi connectivity index (χ3n) is 2.73. The molecule has 0 saturated heterocycles. The third-order valence-corrected chi connectivity index (χ3v) is 2.73. The van der Waals surface area contributed by atoms with Crippen LogP contribution in [0.2, 0.25) is 0 Å². The molecule has 0 spiro atoms. The Morgan fingerprint density at radius 2 is 2.00 bits per heavy atom. The van der Waals surface area contributed by atoms with Gasteiger partial charge in [0.05, 0.1) is 12.6 Å². The van der Waals surface area contributed by atoms with Gasteiger partial charge < -0.3 is 10.1 Å². The maximum atomic E-state index is 12.8. The standard InChI is InChI=1S/C14H23FN4O/c1-10(8-12-4-6-13(15)7-5-12)17-14(19-16)18-11(2)9-20-3/h4-7,10-11H,8-9,16H2,1-3H3,(H2,17,18,19). The second-order valence-electron chi connectivity index (χ2n) is 4.80. The van der Waals surface area contributed by atoms with E-state index in [0.717, 1.165) is 12.0 Å². The van der Waals surface area contributed by atoms with Crippen LogP contribution in [0.1, 0.15) is 19.4 Å². The highest BCUT2D eigenvalue weighted by Gasteiger charge is 2.07. The van der Waals surface area contributed by atoms with E-state index < -0.39 is 0 Å². The fourth-order valence-corrected chi connectivity index (χ4v) is 1.87. The van der Waals surface area contributed by atoms with Gasteiger partial charge in [-0.15, -0.1) is 0 Å². The first-order chi connectivity index (χ1) is 9.55. The summed E-state index contributed by atoms with van der Waals surface area (Å²) in [4.78, 5) is 4.36. The summed E-state index contributed by atoms with van der Waals surface area (Å²) in [5, 5.41) is 3.18. The minimum Gasteiger partial charge on any atom is -0.382 e. The van der Waals surface area contributed by atoms with Crippen LogP contribution in [0.4, 0.5) is 4.39 Å². The Morgan fingerprint density at radius 1 is 1.35 bits per heavy atom. The Balaban J connectivity index is 2.54. The molecule has 0 heterocycles. The average Bonchev–Trinajstić information content (AvgIpc) is 2.41. The quantitative estimate of drug-likeness (QED) is 0.317. The number of ether oxygens (including phenoxy) is 1. The van der Waals surface area contributed by atoms with Crippen molar-refractivity contribution in [2.75, 3.05) is 13.7 Å². The van der Waals surface area contributed by atoms with Crippen LogP contribution in [0.3, 0.4) is 0 Å². The molecule has 0 bridgehead atoms. The fourth-order valence-electron chi connectivity index (χ4n) is 1.87. The van der Waals surface area contributed by atoms with Gasteiger partial charge in [-0.2, -0.15) is 0 Å². The molecule has 2 unspecified atom stereocenters. The van der Waals surface area contributed by atoms with E-state index in [-0.39, 0.29) is 17.9 Å². The van der Waals surface area contributed by atoms with Gasteiger partial charge in [-0.1, -0.05) is 12.1 Å². The van der Waals surface area contributed by atoms with E-state index in [0.29, 0.717) is 12.6 Å². The molecule has 0 aromatic heterocycles. The van der Waals surface area contributed by atoms with E-state index in [1.807, 2.05) is 13.8 Å². The van der Waals surface area contributed by atoms with Gasteiger partial charge in [0.15, 0.2) is 0 Å². The van der Waals surface area contributed by atoms with Crippen LogP contribution in [-0.4, -0.2) is 31.8 Å². The number of halogens is 1. The van der Waals surface area contributed by atoms with Crippen LogP contribution < -0.4 is 16.6 Å². The molecule has 0 aliphatic heterocycles. The molecule has 112 valence electrons. The first kappa shape index (κ1) is 16.4. The van der Waals surface area contributed by atoms with Crippen molar-refractivity contribution in [2.24, 2.45) is 10.8 Å². The predicted octanol–water partition coefficient (Wildman–Crippen LogP) is 1.20. The molecule has 1 aromatic rings. The van der Waals surface area contributed by atoms with Crippen molar-refractivity contribution in [1.82, 2.24) is 10.7 Å². The number of hydrazine groups is 1. The van der Waals surface area contributed by atoms with E-state index in [4.69, 9.17) is 10.6 Å². The van der Waals surface area contributed by atoms with Crippen LogP contribution in [0.15, 0.2) is 29.3 Å². The van der Waals surface area contributed by atoms with Crippen LogP contribution in [0.25, 0.3) is 0 Å². The number of aliphatic imine (C=N–C) groups is 1. The number of hydrogen-bond donors (Lipinski definition) is 3. The Kier molecular flexibility index (Phi) is 6.97. The number of rotatable bonds is 6. The highest BCUT2D eigenvalue weighted by Crippen LogP contribution is 2.05. The highest BCUT2D eigenvalue weighted by molar-refractivity contribution is 5.79. The van der Waals surface area contributed by atoms with Crippen molar-refractivity contribution in [3.63, 3.8) is 0 Å². The lowest BCUT2D eigenvalue weighted by Gasteiger charge is -2.18. The molecule has 6 heteroatoms. The van der Waals surface area contributed by atoms with Gasteiger partial charge in [-0.05, 0) is 38.0 Å². The molecule has 0 radical (unpaired) electrons. The smallest absolute Gasteiger partial charge is 0.206 e. The second-order valence-corrected chi connectivity index (χ2v) is 4.80. The number of benzene rings is 1. The van der Waals surface area contributed by atoms with E-state index in [9.17, 15) is 4.39 Å². The maximum absolute atomic E-state index is 12.8. The summed E-state index contributed by atoms with van der Waals surface area (Å²) in [6.45, 7) is 4.48.